The van der Waals surface area contributed by atoms with Crippen LogP contribution in [-0.2, 0) is 14.3 Å². The van der Waals surface area contributed by atoms with Crippen LogP contribution in [0.15, 0.2) is 59.2 Å². The predicted molar refractivity (Wildman–Crippen MR) is 128 cm³/mol. The summed E-state index contributed by atoms with van der Waals surface area (Å²) in [7, 11) is 1.68. The number of methoxy groups -OCH3 is 1. The molecule has 1 saturated carbocycles. The Kier molecular flexibility index (Phi) is 5.36. The number of epoxide rings is 1. The molecule has 5 atom stereocenters. The number of allylic oxidation sites excluding steroid dienone is 3. The third-order valence-corrected chi connectivity index (χ3v) is 9.03. The van der Waals surface area contributed by atoms with E-state index >= 15 is 0 Å². The molecule has 3 aliphatic carbocycles. The molecule has 1 N–H and O–H groups in total. The molecule has 3 fully saturated rings. The third-order valence-electron chi connectivity index (χ3n) is 9.03. The fourth-order valence-corrected chi connectivity index (χ4v) is 7.47. The van der Waals surface area contributed by atoms with E-state index in [1.807, 2.05) is 18.2 Å². The van der Waals surface area contributed by atoms with Crippen molar-refractivity contribution in [1.82, 2.24) is 0 Å². The van der Waals surface area contributed by atoms with Crippen LogP contribution in [0.2, 0.25) is 0 Å². The maximum Gasteiger partial charge on any atom is 0.156 e. The number of hydrogen-bond acceptors (Lipinski definition) is 5. The molecule has 2 heterocycles. The number of fused-ring (bicyclic) bond motifs is 3. The Morgan fingerprint density at radius 2 is 2.03 bits per heavy atom. The molecular weight excluding hydrogens is 428 g/mol. The van der Waals surface area contributed by atoms with Gasteiger partial charge in [-0.25, -0.2) is 0 Å². The topological polar surface area (TPSA) is 68.3 Å². The van der Waals surface area contributed by atoms with E-state index in [1.165, 1.54) is 16.7 Å². The zero-order valence-corrected chi connectivity index (χ0v) is 20.0. The number of aliphatic hydroxyl groups excluding tert-OH is 1. The lowest BCUT2D eigenvalue weighted by atomic mass is 9.66. The van der Waals surface area contributed by atoms with Crippen molar-refractivity contribution in [2.75, 3.05) is 20.3 Å². The molecule has 0 amide bonds. The van der Waals surface area contributed by atoms with Crippen molar-refractivity contribution >= 4 is 5.78 Å². The number of hydrogen-bond donors (Lipinski definition) is 1. The van der Waals surface area contributed by atoms with E-state index in [0.29, 0.717) is 31.3 Å². The van der Waals surface area contributed by atoms with Crippen molar-refractivity contribution in [3.05, 3.63) is 64.8 Å². The number of ketones is 1. The summed E-state index contributed by atoms with van der Waals surface area (Å²) in [5, 5.41) is 9.39. The summed E-state index contributed by atoms with van der Waals surface area (Å²) in [6.45, 7) is 4.93. The van der Waals surface area contributed by atoms with Crippen LogP contribution in [0.5, 0.6) is 5.75 Å². The van der Waals surface area contributed by atoms with Gasteiger partial charge in [0.15, 0.2) is 5.78 Å². The van der Waals surface area contributed by atoms with Crippen molar-refractivity contribution < 1.29 is 24.1 Å². The number of carbonyl (C=O) groups excluding carboxylic acids is 1. The van der Waals surface area contributed by atoms with Gasteiger partial charge in [-0.1, -0.05) is 24.3 Å². The van der Waals surface area contributed by atoms with Gasteiger partial charge in [0, 0.05) is 19.4 Å². The van der Waals surface area contributed by atoms with E-state index in [2.05, 4.69) is 18.7 Å². The lowest BCUT2D eigenvalue weighted by molar-refractivity contribution is -0.114. The van der Waals surface area contributed by atoms with E-state index in [1.54, 1.807) is 7.11 Å². The van der Waals surface area contributed by atoms with Gasteiger partial charge in [0.25, 0.3) is 0 Å². The molecule has 2 aliphatic heterocycles. The zero-order valence-electron chi connectivity index (χ0n) is 20.0. The molecule has 6 rings (SSSR count). The molecule has 5 heteroatoms. The highest BCUT2D eigenvalue weighted by atomic mass is 16.7. The van der Waals surface area contributed by atoms with Crippen molar-refractivity contribution in [3.8, 4) is 5.75 Å². The van der Waals surface area contributed by atoms with Crippen LogP contribution in [0.4, 0.5) is 0 Å². The quantitative estimate of drug-likeness (QED) is 0.476. The fraction of sp³-hybridized carbons (Fsp3) is 0.552. The van der Waals surface area contributed by atoms with Gasteiger partial charge in [0.05, 0.1) is 13.7 Å². The monoisotopic (exact) mass is 462 g/mol. The maximum atomic E-state index is 12.2. The Morgan fingerprint density at radius 3 is 2.79 bits per heavy atom. The molecule has 34 heavy (non-hydrogen) atoms. The fourth-order valence-electron chi connectivity index (χ4n) is 7.47. The van der Waals surface area contributed by atoms with Crippen LogP contribution >= 0.6 is 0 Å². The number of aliphatic hydroxyl groups is 1. The molecule has 0 aromatic heterocycles. The summed E-state index contributed by atoms with van der Waals surface area (Å²) in [5.41, 5.74) is 5.70. The van der Waals surface area contributed by atoms with E-state index in [-0.39, 0.29) is 29.7 Å². The maximum absolute atomic E-state index is 12.2. The second kappa shape index (κ2) is 8.18. The average Bonchev–Trinajstić information content (AvgIpc) is 3.41. The molecule has 5 aliphatic rings. The highest BCUT2D eigenvalue weighted by Gasteiger charge is 2.78. The van der Waals surface area contributed by atoms with Crippen molar-refractivity contribution in [1.29, 1.82) is 0 Å². The number of carbonyl (C=O) groups is 1. The van der Waals surface area contributed by atoms with Gasteiger partial charge in [0.2, 0.25) is 0 Å². The Balaban J connectivity index is 1.42. The van der Waals surface area contributed by atoms with Crippen LogP contribution in [0.25, 0.3) is 0 Å². The normalized spacial score (nSPS) is 36.0. The molecule has 0 bridgehead atoms. The summed E-state index contributed by atoms with van der Waals surface area (Å²) < 4.78 is 18.9. The number of rotatable bonds is 6. The minimum absolute atomic E-state index is 0.133. The van der Waals surface area contributed by atoms with Crippen LogP contribution < -0.4 is 4.74 Å². The van der Waals surface area contributed by atoms with Crippen LogP contribution in [0.1, 0.15) is 63.0 Å². The first-order valence-corrected chi connectivity index (χ1v) is 12.7. The molecule has 1 spiro atoms. The van der Waals surface area contributed by atoms with E-state index < -0.39 is 0 Å². The summed E-state index contributed by atoms with van der Waals surface area (Å²) in [4.78, 5) is 12.2. The zero-order chi connectivity index (χ0) is 23.5. The molecule has 3 unspecified atom stereocenters. The van der Waals surface area contributed by atoms with Gasteiger partial charge in [-0.2, -0.15) is 0 Å². The first kappa shape index (κ1) is 22.3. The highest BCUT2D eigenvalue weighted by Crippen LogP contribution is 2.70. The van der Waals surface area contributed by atoms with E-state index in [0.717, 1.165) is 55.4 Å². The van der Waals surface area contributed by atoms with Gasteiger partial charge in [0.1, 0.15) is 23.1 Å². The Bertz CT molecular complexity index is 1080. The lowest BCUT2D eigenvalue weighted by Crippen LogP contribution is -2.35. The first-order valence-electron chi connectivity index (χ1n) is 12.7. The summed E-state index contributed by atoms with van der Waals surface area (Å²) in [6, 6.07) is 8.24. The van der Waals surface area contributed by atoms with Crippen LogP contribution in [0.3, 0.4) is 0 Å². The Hall–Kier alpha value is -2.21. The highest BCUT2D eigenvalue weighted by molar-refractivity contribution is 5.93. The summed E-state index contributed by atoms with van der Waals surface area (Å²) >= 11 is 0. The summed E-state index contributed by atoms with van der Waals surface area (Å²) in [5.74, 6) is 1.89. The molecule has 0 radical (unpaired) electrons. The third kappa shape index (κ3) is 3.28. The second-order valence-electron chi connectivity index (χ2n) is 10.7. The van der Waals surface area contributed by atoms with Gasteiger partial charge >= 0.3 is 0 Å². The standard InChI is InChI=1S/C29H34O5/c1-18(12-14-30)16-28-13-11-25-24-9-5-20-15-21(31)6-10-23(20)26(24)27(33-17-29(25,28)34-28)19-3-7-22(32-2)8-4-19/h3-4,7-8,15,24-25,27,30H,1,5-6,9-14,16-17H2,2H3/t24?,25?,27-,28+,29?/m0/s1. The van der Waals surface area contributed by atoms with Crippen molar-refractivity contribution in [2.24, 2.45) is 11.8 Å². The van der Waals surface area contributed by atoms with Gasteiger partial charge < -0.3 is 19.3 Å². The van der Waals surface area contributed by atoms with Crippen molar-refractivity contribution in [2.45, 2.75) is 68.7 Å². The first-order chi connectivity index (χ1) is 16.5. The second-order valence-corrected chi connectivity index (χ2v) is 10.7. The van der Waals surface area contributed by atoms with E-state index in [9.17, 15) is 9.90 Å². The lowest BCUT2D eigenvalue weighted by Gasteiger charge is -2.38. The SMILES string of the molecule is C=C(CCO)C[C@]12CCC3C4CCC5=CC(=O)CCC5=C4[C@H](c4ccc(OC)cc4)OCC31O2. The van der Waals surface area contributed by atoms with Crippen LogP contribution in [0, 0.1) is 11.8 Å². The Labute approximate surface area is 201 Å². The molecular formula is C29H34O5. The smallest absolute Gasteiger partial charge is 0.156 e. The molecule has 5 nitrogen and oxygen atoms in total. The number of benzene rings is 1. The largest absolute Gasteiger partial charge is 0.497 e. The molecule has 180 valence electrons. The van der Waals surface area contributed by atoms with Gasteiger partial charge in [-0.3, -0.25) is 4.79 Å². The molecule has 1 aromatic rings. The number of ether oxygens (including phenoxy) is 3. The van der Waals surface area contributed by atoms with Crippen LogP contribution in [-0.4, -0.2) is 42.4 Å². The van der Waals surface area contributed by atoms with Crippen molar-refractivity contribution in [3.63, 3.8) is 0 Å². The minimum atomic E-state index is -0.269. The van der Waals surface area contributed by atoms with Gasteiger partial charge in [-0.15, -0.1) is 0 Å². The molecule has 2 saturated heterocycles. The van der Waals surface area contributed by atoms with Gasteiger partial charge in [-0.05, 0) is 90.9 Å². The van der Waals surface area contributed by atoms with E-state index in [4.69, 9.17) is 14.2 Å². The Morgan fingerprint density at radius 1 is 1.21 bits per heavy atom. The predicted octanol–water partition coefficient (Wildman–Crippen LogP) is 5.01. The average molecular weight is 463 g/mol. The summed E-state index contributed by atoms with van der Waals surface area (Å²) in [6.07, 6.45) is 8.74. The minimum Gasteiger partial charge on any atom is -0.497 e. The molecule has 1 aromatic carbocycles.